The molecule has 4 heterocycles. The van der Waals surface area contributed by atoms with Gasteiger partial charge in [0.15, 0.2) is 0 Å². The first-order chi connectivity index (χ1) is 28.7. The molecule has 61 heavy (non-hydrogen) atoms. The van der Waals surface area contributed by atoms with E-state index in [9.17, 15) is 37.2 Å². The van der Waals surface area contributed by atoms with E-state index in [4.69, 9.17) is 9.47 Å². The highest BCUT2D eigenvalue weighted by atomic mass is 32.2. The van der Waals surface area contributed by atoms with E-state index in [0.717, 1.165) is 23.6 Å². The van der Waals surface area contributed by atoms with Crippen LogP contribution in [0.4, 0.5) is 4.79 Å². The topological polar surface area (TPSA) is 243 Å². The Bertz CT molecular complexity index is 2190. The summed E-state index contributed by atoms with van der Waals surface area (Å²) in [5, 5.41) is 14.9. The van der Waals surface area contributed by atoms with Gasteiger partial charge in [0.2, 0.25) is 39.5 Å². The van der Waals surface area contributed by atoms with E-state index in [1.54, 1.807) is 43.3 Å². The van der Waals surface area contributed by atoms with Crippen LogP contribution in [-0.2, 0) is 34.0 Å². The number of hydrogen-bond acceptors (Lipinski definition) is 12. The molecule has 0 bridgehead atoms. The van der Waals surface area contributed by atoms with E-state index in [2.05, 4.69) is 49.4 Å². The number of rotatable bonds is 19. The van der Waals surface area contributed by atoms with Gasteiger partial charge < -0.3 is 41.0 Å². The fourth-order valence-electron chi connectivity index (χ4n) is 8.12. The number of nitrogens with one attached hydrogen (secondary N) is 6. The van der Waals surface area contributed by atoms with Crippen molar-refractivity contribution in [3.05, 3.63) is 55.8 Å². The van der Waals surface area contributed by atoms with Gasteiger partial charge in [0, 0.05) is 47.9 Å². The Kier molecular flexibility index (Phi) is 13.9. The van der Waals surface area contributed by atoms with E-state index >= 15 is 0 Å². The maximum Gasteiger partial charge on any atom is 0.315 e. The van der Waals surface area contributed by atoms with E-state index in [0.29, 0.717) is 36.8 Å². The number of thioether (sulfide) groups is 1. The van der Waals surface area contributed by atoms with Crippen molar-refractivity contribution in [1.82, 2.24) is 41.2 Å². The van der Waals surface area contributed by atoms with Crippen LogP contribution in [0.5, 0.6) is 11.6 Å². The number of benzene rings is 1. The van der Waals surface area contributed by atoms with Gasteiger partial charge >= 0.3 is 6.03 Å². The Morgan fingerprint density at radius 1 is 1.13 bits per heavy atom. The summed E-state index contributed by atoms with van der Waals surface area (Å²) >= 11 is 1.77. The number of urea groups is 1. The minimum absolute atomic E-state index is 0. The second kappa shape index (κ2) is 18.7. The monoisotopic (exact) mass is 882 g/mol. The zero-order chi connectivity index (χ0) is 42.8. The Morgan fingerprint density at radius 3 is 2.62 bits per heavy atom. The smallest absolute Gasteiger partial charge is 0.315 e. The third-order valence-electron chi connectivity index (χ3n) is 11.7. The molecule has 0 unspecified atom stereocenters. The summed E-state index contributed by atoms with van der Waals surface area (Å²) in [5.74, 6) is -2.26. The summed E-state index contributed by atoms with van der Waals surface area (Å²) in [6.45, 7) is 6.76. The van der Waals surface area contributed by atoms with Crippen molar-refractivity contribution in [1.29, 1.82) is 0 Å². The van der Waals surface area contributed by atoms with Crippen molar-refractivity contribution >= 4 is 68.1 Å². The molecule has 0 spiro atoms. The van der Waals surface area contributed by atoms with Crippen LogP contribution in [0.25, 0.3) is 10.8 Å². The first-order valence-corrected chi connectivity index (χ1v) is 22.6. The number of sulfonamides is 1. The van der Waals surface area contributed by atoms with Crippen LogP contribution in [0.2, 0.25) is 0 Å². The summed E-state index contributed by atoms with van der Waals surface area (Å²) in [6, 6.07) is 4.50. The second-order valence-electron chi connectivity index (χ2n) is 15.8. The van der Waals surface area contributed by atoms with Gasteiger partial charge in [-0.2, -0.15) is 11.8 Å². The van der Waals surface area contributed by atoms with Gasteiger partial charge in [-0.15, -0.1) is 6.58 Å². The number of hydrogen-bond donors (Lipinski definition) is 6. The number of carbonyl (C=O) groups is 6. The highest BCUT2D eigenvalue weighted by Gasteiger charge is 2.62. The van der Waals surface area contributed by atoms with E-state index in [1.807, 2.05) is 6.07 Å². The summed E-state index contributed by atoms with van der Waals surface area (Å²) in [6.07, 6.45) is 6.20. The molecular weight excluding hydrogens is 829 g/mol. The Labute approximate surface area is 359 Å². The second-order valence-corrected chi connectivity index (χ2v) is 19.0. The minimum Gasteiger partial charge on any atom is -0.497 e. The van der Waals surface area contributed by atoms with Gasteiger partial charge in [-0.1, -0.05) is 26.5 Å². The highest BCUT2D eigenvalue weighted by molar-refractivity contribution is 8.00. The van der Waals surface area contributed by atoms with Crippen molar-refractivity contribution in [2.24, 2.45) is 5.92 Å². The van der Waals surface area contributed by atoms with Crippen molar-refractivity contribution in [2.75, 3.05) is 26.0 Å². The molecule has 5 aliphatic rings. The van der Waals surface area contributed by atoms with Crippen molar-refractivity contribution in [2.45, 2.75) is 105 Å². The summed E-state index contributed by atoms with van der Waals surface area (Å²) in [7, 11) is -2.40. The van der Waals surface area contributed by atoms with Crippen molar-refractivity contribution in [3.63, 3.8) is 0 Å². The Balaban J connectivity index is 0.00000622. The van der Waals surface area contributed by atoms with Gasteiger partial charge in [-0.3, -0.25) is 28.7 Å². The molecule has 7 amide bonds. The van der Waals surface area contributed by atoms with E-state index in [-0.39, 0.29) is 69.0 Å². The third-order valence-corrected chi connectivity index (χ3v) is 15.0. The zero-order valence-electron chi connectivity index (χ0n) is 33.1. The number of ether oxygens (including phenoxy) is 2. The number of unbranched alkanes of at least 4 members (excludes halogenated alkanes) is 1. The van der Waals surface area contributed by atoms with Gasteiger partial charge in [-0.05, 0) is 67.8 Å². The Hall–Kier alpha value is -5.37. The lowest BCUT2D eigenvalue weighted by atomic mass is 10.0. The van der Waals surface area contributed by atoms with Gasteiger partial charge in [0.1, 0.15) is 29.5 Å². The first-order valence-electron chi connectivity index (χ1n) is 20.0. The number of nitrogens with zero attached hydrogens (tertiary/aromatic N) is 2. The molecule has 7 rings (SSSR count). The normalized spacial score (nSPS) is 26.6. The summed E-state index contributed by atoms with van der Waals surface area (Å²) in [5.41, 5.74) is -1.62. The lowest BCUT2D eigenvalue weighted by Crippen LogP contribution is -2.59. The molecule has 1 aromatic heterocycles. The van der Waals surface area contributed by atoms with Crippen LogP contribution in [0, 0.1) is 5.92 Å². The largest absolute Gasteiger partial charge is 0.497 e. The molecule has 6 N–H and O–H groups in total. The average Bonchev–Trinajstić information content (AvgIpc) is 4.10. The lowest BCUT2D eigenvalue weighted by molar-refractivity contribution is -0.142. The van der Waals surface area contributed by atoms with Crippen LogP contribution >= 0.6 is 11.8 Å². The van der Waals surface area contributed by atoms with Crippen molar-refractivity contribution in [3.8, 4) is 11.6 Å². The predicted octanol–water partition coefficient (Wildman–Crippen LogP) is 1.41. The molecule has 18 nitrogen and oxygen atoms in total. The fourth-order valence-corrected chi connectivity index (χ4v) is 11.0. The standard InChI is InChI=1S/C40H50N8O10S2.CH4/c1-4-23-18-40(23,38(53)47-60(55,56)26-11-12-26)46-35(51)30-17-25(58-36-27-13-10-24(57-3)16-22(27)14-15-41-36)20-48(30)37(52)28(19-42-32(49)5-2)43-33(50)9-7-6-8-31-34-29(21-59-31)44-39(54)45-34;/h4-5,10,13-16,23,25-26,28-31,34H,1-2,6-9,11-12,17-21H2,3H3,(H,42,49)(H,43,50)(H,46,51)(H,47,53)(H2,44,45,54);1H4/t23-,25-,28+,29-,30+,31-,34-,40-;/m1./s1. The van der Waals surface area contributed by atoms with Crippen LogP contribution in [0.1, 0.15) is 58.8 Å². The molecule has 3 aliphatic heterocycles. The number of methoxy groups -OCH3 is 1. The lowest BCUT2D eigenvalue weighted by Gasteiger charge is -2.30. The molecule has 5 fully saturated rings. The first kappa shape index (κ1) is 45.2. The minimum atomic E-state index is -3.95. The van der Waals surface area contributed by atoms with E-state index < -0.39 is 74.5 Å². The van der Waals surface area contributed by atoms with Gasteiger partial charge in [-0.25, -0.2) is 18.2 Å². The molecule has 0 radical (unpaired) electrons. The number of likely N-dealkylation sites (tertiary alicyclic amines) is 1. The summed E-state index contributed by atoms with van der Waals surface area (Å²) < 4.78 is 39.4. The highest BCUT2D eigenvalue weighted by Crippen LogP contribution is 2.45. The molecule has 20 heteroatoms. The molecule has 330 valence electrons. The zero-order valence-corrected chi connectivity index (χ0v) is 34.8. The molecule has 1 aromatic carbocycles. The number of pyridine rings is 1. The Morgan fingerprint density at radius 2 is 1.92 bits per heavy atom. The van der Waals surface area contributed by atoms with Crippen LogP contribution in [0.15, 0.2) is 55.8 Å². The number of aromatic nitrogens is 1. The number of fused-ring (bicyclic) bond motifs is 2. The third kappa shape index (κ3) is 10.1. The molecular formula is C41H54N8O10S2. The van der Waals surface area contributed by atoms with Crippen LogP contribution in [0.3, 0.4) is 0 Å². The molecule has 2 aliphatic carbocycles. The molecule has 8 atom stereocenters. The van der Waals surface area contributed by atoms with Crippen molar-refractivity contribution < 1.29 is 46.7 Å². The van der Waals surface area contributed by atoms with Gasteiger partial charge in [0.25, 0.3) is 5.91 Å². The van der Waals surface area contributed by atoms with Crippen LogP contribution in [-0.4, -0.2) is 126 Å². The van der Waals surface area contributed by atoms with E-state index in [1.165, 1.54) is 11.0 Å². The number of carbonyl (C=O) groups excluding carboxylic acids is 6. The maximum atomic E-state index is 14.6. The van der Waals surface area contributed by atoms with Crippen LogP contribution < -0.4 is 40.8 Å². The number of amides is 7. The average molecular weight is 883 g/mol. The fraction of sp³-hybridized carbons (Fsp3) is 0.537. The maximum absolute atomic E-state index is 14.6. The summed E-state index contributed by atoms with van der Waals surface area (Å²) in [4.78, 5) is 85.6. The molecule has 2 aromatic rings. The molecule has 2 saturated carbocycles. The molecule has 3 saturated heterocycles. The predicted molar refractivity (Wildman–Crippen MR) is 228 cm³/mol. The van der Waals surface area contributed by atoms with Gasteiger partial charge in [0.05, 0.1) is 31.0 Å². The quantitative estimate of drug-likeness (QED) is 0.0508. The SMILES string of the molecule is C.C=CC(=O)NC[C@H](NC(=O)CCCC[C@H]1SC[C@H]2NC(=O)N[C@H]21)C(=O)N1C[C@H](Oc2nccc3cc(OC)ccc23)C[C@H]1C(=O)N[C@]1(C(=O)NS(=O)(=O)C2CC2)C[C@H]1C=C.